The van der Waals surface area contributed by atoms with Crippen LogP contribution in [-0.4, -0.2) is 32.4 Å². The van der Waals surface area contributed by atoms with Gasteiger partial charge in [0.1, 0.15) is 4.99 Å². The first-order valence-corrected chi connectivity index (χ1v) is 7.92. The van der Waals surface area contributed by atoms with E-state index in [9.17, 15) is 13.2 Å². The largest absolute Gasteiger partial charge is 0.389 e. The van der Waals surface area contributed by atoms with E-state index in [4.69, 9.17) is 18.0 Å². The average molecular weight is 315 g/mol. The number of nitrogens with one attached hydrogen (secondary N) is 2. The second-order valence-corrected chi connectivity index (χ2v) is 6.27. The van der Waals surface area contributed by atoms with Crippen molar-refractivity contribution >= 4 is 33.1 Å². The van der Waals surface area contributed by atoms with Crippen molar-refractivity contribution in [2.45, 2.75) is 18.2 Å². The lowest BCUT2D eigenvalue weighted by Gasteiger charge is -2.08. The van der Waals surface area contributed by atoms with Crippen molar-refractivity contribution in [3.63, 3.8) is 0 Å². The van der Waals surface area contributed by atoms with Crippen LogP contribution in [0.5, 0.6) is 0 Å². The van der Waals surface area contributed by atoms with Crippen LogP contribution in [0.4, 0.5) is 0 Å². The minimum absolute atomic E-state index is 0.0195. The van der Waals surface area contributed by atoms with Gasteiger partial charge in [0.25, 0.3) is 0 Å². The molecule has 0 radical (unpaired) electrons. The van der Waals surface area contributed by atoms with Crippen LogP contribution in [0, 0.1) is 0 Å². The van der Waals surface area contributed by atoms with Crippen molar-refractivity contribution < 1.29 is 13.2 Å². The van der Waals surface area contributed by atoms with Crippen LogP contribution in [0.15, 0.2) is 29.2 Å². The summed E-state index contributed by atoms with van der Waals surface area (Å²) in [5, 5.41) is 2.58. The number of carbonyl (C=O) groups is 1. The van der Waals surface area contributed by atoms with Crippen molar-refractivity contribution in [1.29, 1.82) is 0 Å². The number of thiocarbonyl (C=S) groups is 1. The molecule has 0 bridgehead atoms. The molecule has 20 heavy (non-hydrogen) atoms. The highest BCUT2D eigenvalue weighted by atomic mass is 32.2. The molecule has 1 rings (SSSR count). The maximum atomic E-state index is 12.0. The first-order chi connectivity index (χ1) is 9.36. The lowest BCUT2D eigenvalue weighted by Crippen LogP contribution is -2.37. The molecule has 110 valence electrons. The summed E-state index contributed by atoms with van der Waals surface area (Å²) in [5.74, 6) is -0.374. The van der Waals surface area contributed by atoms with E-state index in [1.165, 1.54) is 12.1 Å². The molecule has 4 N–H and O–H groups in total. The van der Waals surface area contributed by atoms with Crippen molar-refractivity contribution in [1.82, 2.24) is 10.0 Å². The molecule has 0 heterocycles. The van der Waals surface area contributed by atoms with Crippen LogP contribution in [0.1, 0.15) is 18.9 Å². The van der Waals surface area contributed by atoms with E-state index in [0.717, 1.165) is 6.42 Å². The van der Waals surface area contributed by atoms with E-state index in [1.54, 1.807) is 12.1 Å². The third kappa shape index (κ3) is 4.87. The van der Waals surface area contributed by atoms with Gasteiger partial charge in [-0.1, -0.05) is 31.3 Å². The summed E-state index contributed by atoms with van der Waals surface area (Å²) in [4.78, 5) is 11.5. The van der Waals surface area contributed by atoms with Crippen LogP contribution < -0.4 is 15.8 Å². The molecule has 0 atom stereocenters. The summed E-state index contributed by atoms with van der Waals surface area (Å²) in [7, 11) is -3.76. The van der Waals surface area contributed by atoms with Crippen molar-refractivity contribution in [2.24, 2.45) is 5.73 Å². The predicted octanol–water partition coefficient (Wildman–Crippen LogP) is 0.125. The SMILES string of the molecule is CCCNC(=O)CNS(=O)(=O)c1cccc(C(N)=S)c1. The molecule has 1 aromatic rings. The summed E-state index contributed by atoms with van der Waals surface area (Å²) in [5.41, 5.74) is 5.91. The lowest BCUT2D eigenvalue weighted by atomic mass is 10.2. The van der Waals surface area contributed by atoms with E-state index in [-0.39, 0.29) is 22.3 Å². The van der Waals surface area contributed by atoms with E-state index < -0.39 is 10.0 Å². The van der Waals surface area contributed by atoms with Gasteiger partial charge in [-0.3, -0.25) is 4.79 Å². The smallest absolute Gasteiger partial charge is 0.241 e. The molecule has 0 spiro atoms. The van der Waals surface area contributed by atoms with Crippen LogP contribution >= 0.6 is 12.2 Å². The number of carbonyl (C=O) groups excluding carboxylic acids is 1. The Hall–Kier alpha value is -1.51. The van der Waals surface area contributed by atoms with E-state index in [1.807, 2.05) is 6.92 Å². The fraction of sp³-hybridized carbons (Fsp3) is 0.333. The molecule has 0 aliphatic rings. The van der Waals surface area contributed by atoms with E-state index in [2.05, 4.69) is 10.0 Å². The summed E-state index contributed by atoms with van der Waals surface area (Å²) < 4.78 is 26.2. The molecular weight excluding hydrogens is 298 g/mol. The molecule has 0 aliphatic carbocycles. The number of hydrogen-bond acceptors (Lipinski definition) is 4. The van der Waals surface area contributed by atoms with Gasteiger partial charge in [0.15, 0.2) is 0 Å². The van der Waals surface area contributed by atoms with Gasteiger partial charge in [-0.2, -0.15) is 0 Å². The highest BCUT2D eigenvalue weighted by Crippen LogP contribution is 2.11. The molecular formula is C12H17N3O3S2. The summed E-state index contributed by atoms with van der Waals surface area (Å²) in [6.07, 6.45) is 0.786. The zero-order chi connectivity index (χ0) is 15.2. The molecule has 0 aliphatic heterocycles. The second-order valence-electron chi connectivity index (χ2n) is 4.07. The number of sulfonamides is 1. The van der Waals surface area contributed by atoms with Gasteiger partial charge in [0.2, 0.25) is 15.9 Å². The first-order valence-electron chi connectivity index (χ1n) is 6.03. The fourth-order valence-corrected chi connectivity index (χ4v) is 2.54. The number of rotatable bonds is 7. The molecule has 0 saturated heterocycles. The van der Waals surface area contributed by atoms with Gasteiger partial charge in [0.05, 0.1) is 11.4 Å². The number of benzene rings is 1. The summed E-state index contributed by atoms with van der Waals surface area (Å²) in [6.45, 7) is 2.11. The molecule has 8 heteroatoms. The van der Waals surface area contributed by atoms with Crippen molar-refractivity contribution in [3.05, 3.63) is 29.8 Å². The van der Waals surface area contributed by atoms with Gasteiger partial charge >= 0.3 is 0 Å². The first kappa shape index (κ1) is 16.5. The highest BCUT2D eigenvalue weighted by Gasteiger charge is 2.16. The monoisotopic (exact) mass is 315 g/mol. The number of nitrogens with two attached hydrogens (primary N) is 1. The molecule has 1 amide bonds. The topological polar surface area (TPSA) is 101 Å². The molecule has 0 aromatic heterocycles. The zero-order valence-corrected chi connectivity index (χ0v) is 12.7. The minimum Gasteiger partial charge on any atom is -0.389 e. The van der Waals surface area contributed by atoms with Gasteiger partial charge in [-0.15, -0.1) is 0 Å². The Morgan fingerprint density at radius 2 is 2.10 bits per heavy atom. The molecule has 0 saturated carbocycles. The Labute approximate surface area is 123 Å². The summed E-state index contributed by atoms with van der Waals surface area (Å²) in [6, 6.07) is 5.94. The second kappa shape index (κ2) is 7.32. The number of hydrogen-bond donors (Lipinski definition) is 3. The van der Waals surface area contributed by atoms with E-state index in [0.29, 0.717) is 12.1 Å². The average Bonchev–Trinajstić information content (AvgIpc) is 2.43. The van der Waals surface area contributed by atoms with Crippen LogP contribution in [0.25, 0.3) is 0 Å². The molecule has 6 nitrogen and oxygen atoms in total. The molecule has 1 aromatic carbocycles. The van der Waals surface area contributed by atoms with E-state index >= 15 is 0 Å². The molecule has 0 unspecified atom stereocenters. The maximum Gasteiger partial charge on any atom is 0.241 e. The fourth-order valence-electron chi connectivity index (χ4n) is 1.39. The predicted molar refractivity (Wildman–Crippen MR) is 80.8 cm³/mol. The Kier molecular flexibility index (Phi) is 6.05. The van der Waals surface area contributed by atoms with Gasteiger partial charge < -0.3 is 11.1 Å². The van der Waals surface area contributed by atoms with Crippen LogP contribution in [0.2, 0.25) is 0 Å². The van der Waals surface area contributed by atoms with Crippen LogP contribution in [-0.2, 0) is 14.8 Å². The Balaban J connectivity index is 2.76. The normalized spacial score (nSPS) is 11.1. The lowest BCUT2D eigenvalue weighted by molar-refractivity contribution is -0.119. The van der Waals surface area contributed by atoms with Gasteiger partial charge in [-0.25, -0.2) is 13.1 Å². The zero-order valence-electron chi connectivity index (χ0n) is 11.0. The minimum atomic E-state index is -3.76. The standard InChI is InChI=1S/C12H17N3O3S2/c1-2-6-14-11(16)8-15-20(17,18)10-5-3-4-9(7-10)12(13)19/h3-5,7,15H,2,6,8H2,1H3,(H2,13,19)(H,14,16). The van der Waals surface area contributed by atoms with Gasteiger partial charge in [-0.05, 0) is 18.6 Å². The van der Waals surface area contributed by atoms with Crippen molar-refractivity contribution in [3.8, 4) is 0 Å². The van der Waals surface area contributed by atoms with Crippen molar-refractivity contribution in [2.75, 3.05) is 13.1 Å². The number of amides is 1. The Bertz CT molecular complexity index is 600. The Morgan fingerprint density at radius 3 is 2.70 bits per heavy atom. The third-order valence-corrected chi connectivity index (χ3v) is 4.06. The maximum absolute atomic E-state index is 12.0. The highest BCUT2D eigenvalue weighted by molar-refractivity contribution is 7.89. The molecule has 0 fully saturated rings. The third-order valence-electron chi connectivity index (χ3n) is 2.42. The van der Waals surface area contributed by atoms with Crippen LogP contribution in [0.3, 0.4) is 0 Å². The summed E-state index contributed by atoms with van der Waals surface area (Å²) >= 11 is 4.80. The quantitative estimate of drug-likeness (QED) is 0.621. The van der Waals surface area contributed by atoms with Gasteiger partial charge in [0, 0.05) is 12.1 Å². The Morgan fingerprint density at radius 1 is 1.40 bits per heavy atom.